The van der Waals surface area contributed by atoms with Gasteiger partial charge in [0.05, 0.1) is 13.2 Å². The maximum Gasteiger partial charge on any atom is 0.0591 e. The van der Waals surface area contributed by atoms with Crippen LogP contribution in [0.1, 0.15) is 19.3 Å². The summed E-state index contributed by atoms with van der Waals surface area (Å²) < 4.78 is 5.01. The molecule has 0 aromatic carbocycles. The number of nitrogens with zero attached hydrogens (tertiary/aromatic N) is 1. The maximum absolute atomic E-state index is 5.01. The first-order valence-corrected chi connectivity index (χ1v) is 5.36. The van der Waals surface area contributed by atoms with Crippen molar-refractivity contribution in [2.75, 3.05) is 46.4 Å². The van der Waals surface area contributed by atoms with Gasteiger partial charge in [0.15, 0.2) is 0 Å². The van der Waals surface area contributed by atoms with Crippen LogP contribution < -0.4 is 5.32 Å². The number of hydrogen-bond donors (Lipinski definition) is 1. The van der Waals surface area contributed by atoms with Crippen LogP contribution >= 0.6 is 0 Å². The van der Waals surface area contributed by atoms with Crippen LogP contribution in [0.3, 0.4) is 0 Å². The third-order valence-electron chi connectivity index (χ3n) is 2.43. The van der Waals surface area contributed by atoms with E-state index in [9.17, 15) is 0 Å². The Labute approximate surface area is 81.4 Å². The van der Waals surface area contributed by atoms with E-state index in [1.54, 1.807) is 0 Å². The van der Waals surface area contributed by atoms with Gasteiger partial charge in [-0.3, -0.25) is 0 Å². The standard InChI is InChI=1S/C6H13N.C4H9NO/c1-7-5-3-2-4-6-7;1-3-6-4-2-5-1/h2-6H2,1H3;5H,1-4H2. The summed E-state index contributed by atoms with van der Waals surface area (Å²) in [5.41, 5.74) is 0. The first kappa shape index (κ1) is 11.0. The average molecular weight is 186 g/mol. The van der Waals surface area contributed by atoms with E-state index < -0.39 is 0 Å². The molecule has 3 nitrogen and oxygen atoms in total. The van der Waals surface area contributed by atoms with Crippen molar-refractivity contribution in [3.63, 3.8) is 0 Å². The Morgan fingerprint density at radius 2 is 1.62 bits per heavy atom. The van der Waals surface area contributed by atoms with Crippen LogP contribution in [0.15, 0.2) is 0 Å². The van der Waals surface area contributed by atoms with Crippen molar-refractivity contribution in [3.8, 4) is 0 Å². The first-order valence-electron chi connectivity index (χ1n) is 5.36. The van der Waals surface area contributed by atoms with Crippen molar-refractivity contribution in [2.45, 2.75) is 19.3 Å². The molecule has 2 saturated heterocycles. The van der Waals surface area contributed by atoms with Crippen molar-refractivity contribution in [2.24, 2.45) is 0 Å². The molecule has 3 heteroatoms. The Morgan fingerprint density at radius 1 is 1.00 bits per heavy atom. The predicted octanol–water partition coefficient (Wildman–Crippen LogP) is 0.708. The van der Waals surface area contributed by atoms with Gasteiger partial charge in [-0.25, -0.2) is 0 Å². The fourth-order valence-electron chi connectivity index (χ4n) is 1.57. The lowest BCUT2D eigenvalue weighted by molar-refractivity contribution is 0.109. The molecule has 0 unspecified atom stereocenters. The van der Waals surface area contributed by atoms with Gasteiger partial charge in [-0.1, -0.05) is 6.42 Å². The zero-order chi connectivity index (χ0) is 9.36. The molecule has 0 aliphatic carbocycles. The van der Waals surface area contributed by atoms with Crippen LogP contribution in [0.5, 0.6) is 0 Å². The minimum Gasteiger partial charge on any atom is -0.379 e. The normalized spacial score (nSPS) is 24.7. The average Bonchev–Trinajstić information content (AvgIpc) is 2.22. The molecule has 2 aliphatic rings. The molecule has 1 N–H and O–H groups in total. The van der Waals surface area contributed by atoms with Crippen LogP contribution in [-0.2, 0) is 4.74 Å². The van der Waals surface area contributed by atoms with Crippen LogP contribution in [0.25, 0.3) is 0 Å². The summed E-state index contributed by atoms with van der Waals surface area (Å²) in [6.07, 6.45) is 4.28. The maximum atomic E-state index is 5.01. The van der Waals surface area contributed by atoms with Crippen molar-refractivity contribution >= 4 is 0 Å². The predicted molar refractivity (Wildman–Crippen MR) is 55.0 cm³/mol. The van der Waals surface area contributed by atoms with Gasteiger partial charge in [0.2, 0.25) is 0 Å². The number of piperidine rings is 1. The fraction of sp³-hybridized carbons (Fsp3) is 1.00. The lowest BCUT2D eigenvalue weighted by atomic mass is 10.1. The summed E-state index contributed by atoms with van der Waals surface area (Å²) in [5.74, 6) is 0. The molecule has 0 aromatic heterocycles. The van der Waals surface area contributed by atoms with Gasteiger partial charge >= 0.3 is 0 Å². The largest absolute Gasteiger partial charge is 0.379 e. The molecule has 2 rings (SSSR count). The zero-order valence-electron chi connectivity index (χ0n) is 8.72. The number of hydrogen-bond acceptors (Lipinski definition) is 3. The van der Waals surface area contributed by atoms with Crippen LogP contribution in [0.2, 0.25) is 0 Å². The third-order valence-corrected chi connectivity index (χ3v) is 2.43. The van der Waals surface area contributed by atoms with Crippen molar-refractivity contribution in [1.82, 2.24) is 10.2 Å². The molecule has 0 aromatic rings. The molecule has 0 atom stereocenters. The van der Waals surface area contributed by atoms with Gasteiger partial charge in [0.1, 0.15) is 0 Å². The van der Waals surface area contributed by atoms with E-state index in [0.29, 0.717) is 0 Å². The van der Waals surface area contributed by atoms with Gasteiger partial charge in [0.25, 0.3) is 0 Å². The summed E-state index contributed by atoms with van der Waals surface area (Å²) >= 11 is 0. The van der Waals surface area contributed by atoms with Crippen LogP contribution in [-0.4, -0.2) is 51.3 Å². The molecular formula is C10H22N2O. The van der Waals surface area contributed by atoms with Gasteiger partial charge in [0, 0.05) is 13.1 Å². The minimum atomic E-state index is 0.889. The highest BCUT2D eigenvalue weighted by molar-refractivity contribution is 4.58. The van der Waals surface area contributed by atoms with Crippen LogP contribution in [0.4, 0.5) is 0 Å². The van der Waals surface area contributed by atoms with E-state index in [1.165, 1.54) is 32.4 Å². The SMILES string of the molecule is C1COCCN1.CN1CCCCC1. The summed E-state index contributed by atoms with van der Waals surface area (Å²) in [6, 6.07) is 0. The number of likely N-dealkylation sites (tertiary alicyclic amines) is 1. The molecule has 13 heavy (non-hydrogen) atoms. The van der Waals surface area contributed by atoms with E-state index >= 15 is 0 Å². The molecule has 0 bridgehead atoms. The molecule has 2 heterocycles. The molecule has 0 radical (unpaired) electrons. The lowest BCUT2D eigenvalue weighted by Crippen LogP contribution is -2.30. The summed E-state index contributed by atoms with van der Waals surface area (Å²) in [5, 5.41) is 3.16. The molecule has 0 saturated carbocycles. The second-order valence-corrected chi connectivity index (χ2v) is 3.73. The Bertz CT molecular complexity index is 98.0. The highest BCUT2D eigenvalue weighted by Gasteiger charge is 2.02. The van der Waals surface area contributed by atoms with Crippen molar-refractivity contribution in [3.05, 3.63) is 0 Å². The molecule has 0 spiro atoms. The van der Waals surface area contributed by atoms with Gasteiger partial charge in [-0.05, 0) is 33.0 Å². The second kappa shape index (κ2) is 7.30. The second-order valence-electron chi connectivity index (χ2n) is 3.73. The van der Waals surface area contributed by atoms with Gasteiger partial charge < -0.3 is 15.0 Å². The van der Waals surface area contributed by atoms with Crippen molar-refractivity contribution < 1.29 is 4.74 Å². The topological polar surface area (TPSA) is 24.5 Å². The molecular weight excluding hydrogens is 164 g/mol. The van der Waals surface area contributed by atoms with Gasteiger partial charge in [-0.15, -0.1) is 0 Å². The highest BCUT2D eigenvalue weighted by Crippen LogP contribution is 2.04. The van der Waals surface area contributed by atoms with E-state index in [2.05, 4.69) is 17.3 Å². The molecule has 78 valence electrons. The Balaban J connectivity index is 0.000000132. The molecule has 2 aliphatic heterocycles. The molecule has 2 fully saturated rings. The Morgan fingerprint density at radius 3 is 1.85 bits per heavy atom. The van der Waals surface area contributed by atoms with E-state index in [4.69, 9.17) is 4.74 Å². The minimum absolute atomic E-state index is 0.889. The quantitative estimate of drug-likeness (QED) is 0.603. The fourth-order valence-corrected chi connectivity index (χ4v) is 1.57. The summed E-state index contributed by atoms with van der Waals surface area (Å²) in [6.45, 7) is 6.47. The van der Waals surface area contributed by atoms with Crippen molar-refractivity contribution in [1.29, 1.82) is 0 Å². The Kier molecular flexibility index (Phi) is 6.15. The number of rotatable bonds is 0. The molecule has 0 amide bonds. The highest BCUT2D eigenvalue weighted by atomic mass is 16.5. The summed E-state index contributed by atoms with van der Waals surface area (Å²) in [7, 11) is 2.19. The zero-order valence-corrected chi connectivity index (χ0v) is 8.72. The van der Waals surface area contributed by atoms with E-state index in [1.807, 2.05) is 0 Å². The van der Waals surface area contributed by atoms with Crippen LogP contribution in [0, 0.1) is 0 Å². The number of ether oxygens (including phenoxy) is 1. The Hall–Kier alpha value is -0.120. The lowest BCUT2D eigenvalue weighted by Gasteiger charge is -2.20. The first-order chi connectivity index (χ1) is 6.39. The third kappa shape index (κ3) is 6.02. The van der Waals surface area contributed by atoms with E-state index in [-0.39, 0.29) is 0 Å². The number of morpholine rings is 1. The smallest absolute Gasteiger partial charge is 0.0591 e. The monoisotopic (exact) mass is 186 g/mol. The number of nitrogens with one attached hydrogen (secondary N) is 1. The van der Waals surface area contributed by atoms with E-state index in [0.717, 1.165) is 26.3 Å². The summed E-state index contributed by atoms with van der Waals surface area (Å²) in [4.78, 5) is 2.39. The van der Waals surface area contributed by atoms with Gasteiger partial charge in [-0.2, -0.15) is 0 Å².